The molecule has 1 saturated heterocycles. The molecule has 0 bridgehead atoms. The van der Waals surface area contributed by atoms with Crippen LogP contribution in [-0.4, -0.2) is 51.6 Å². The smallest absolute Gasteiger partial charge is 0.229 e. The number of phenols is 1. The number of phenolic OH excluding ortho intramolecular Hbond substituents is 1. The first-order valence-corrected chi connectivity index (χ1v) is 8.62. The van der Waals surface area contributed by atoms with Crippen LogP contribution in [0.3, 0.4) is 0 Å². The van der Waals surface area contributed by atoms with Gasteiger partial charge in [-0.25, -0.2) is 0 Å². The van der Waals surface area contributed by atoms with E-state index in [0.29, 0.717) is 16.5 Å². The second-order valence-electron chi connectivity index (χ2n) is 6.51. The van der Waals surface area contributed by atoms with Crippen LogP contribution in [0.25, 0.3) is 22.1 Å². The van der Waals surface area contributed by atoms with Gasteiger partial charge >= 0.3 is 0 Å². The second kappa shape index (κ2) is 7.25. The van der Waals surface area contributed by atoms with Gasteiger partial charge in [-0.1, -0.05) is 12.1 Å². The van der Waals surface area contributed by atoms with Gasteiger partial charge in [0.15, 0.2) is 5.43 Å². The largest absolute Gasteiger partial charge is 0.508 e. The highest BCUT2D eigenvalue weighted by atomic mass is 16.7. The van der Waals surface area contributed by atoms with Crippen LogP contribution in [0.15, 0.2) is 57.9 Å². The molecule has 2 heterocycles. The summed E-state index contributed by atoms with van der Waals surface area (Å²) in [6.45, 7) is -0.454. The normalized spacial score (nSPS) is 24.5. The van der Waals surface area contributed by atoms with E-state index in [0.717, 1.165) is 0 Å². The number of aromatic hydroxyl groups is 1. The molecule has 4 atom stereocenters. The molecule has 0 saturated carbocycles. The van der Waals surface area contributed by atoms with Crippen molar-refractivity contribution in [3.8, 4) is 22.6 Å². The lowest BCUT2D eigenvalue weighted by Gasteiger charge is -2.17. The molecule has 28 heavy (non-hydrogen) atoms. The van der Waals surface area contributed by atoms with Crippen LogP contribution >= 0.6 is 0 Å². The van der Waals surface area contributed by atoms with Crippen LogP contribution in [0, 0.1) is 0 Å². The molecular weight excluding hydrogens is 368 g/mol. The number of fused-ring (bicyclic) bond motifs is 1. The monoisotopic (exact) mass is 386 g/mol. The molecule has 0 spiro atoms. The van der Waals surface area contributed by atoms with Gasteiger partial charge in [0.25, 0.3) is 0 Å². The van der Waals surface area contributed by atoms with E-state index in [1.165, 1.54) is 36.6 Å². The van der Waals surface area contributed by atoms with Gasteiger partial charge in [0.1, 0.15) is 41.7 Å². The average molecular weight is 386 g/mol. The zero-order valence-corrected chi connectivity index (χ0v) is 14.6. The highest BCUT2D eigenvalue weighted by Gasteiger charge is 2.43. The fourth-order valence-electron chi connectivity index (χ4n) is 3.12. The van der Waals surface area contributed by atoms with E-state index >= 15 is 0 Å². The quantitative estimate of drug-likeness (QED) is 0.522. The summed E-state index contributed by atoms with van der Waals surface area (Å²) in [5.41, 5.74) is 0.994. The highest BCUT2D eigenvalue weighted by Crippen LogP contribution is 2.28. The van der Waals surface area contributed by atoms with E-state index in [9.17, 15) is 20.1 Å². The summed E-state index contributed by atoms with van der Waals surface area (Å²) >= 11 is 0. The van der Waals surface area contributed by atoms with E-state index in [1.54, 1.807) is 12.1 Å². The molecule has 0 amide bonds. The van der Waals surface area contributed by atoms with Gasteiger partial charge in [0, 0.05) is 6.07 Å². The zero-order valence-electron chi connectivity index (χ0n) is 14.6. The van der Waals surface area contributed by atoms with Crippen molar-refractivity contribution in [1.82, 2.24) is 0 Å². The van der Waals surface area contributed by atoms with Gasteiger partial charge in [0.2, 0.25) is 6.29 Å². The van der Waals surface area contributed by atoms with E-state index in [1.807, 2.05) is 0 Å². The van der Waals surface area contributed by atoms with E-state index in [4.69, 9.17) is 19.0 Å². The Morgan fingerprint density at radius 1 is 1.04 bits per heavy atom. The molecule has 4 N–H and O–H groups in total. The maximum atomic E-state index is 12.8. The molecule has 8 heteroatoms. The molecule has 2 aromatic carbocycles. The Hall–Kier alpha value is -2.91. The number of ether oxygens (including phenoxy) is 2. The van der Waals surface area contributed by atoms with Crippen LogP contribution in [0.2, 0.25) is 0 Å². The Labute approximate surface area is 158 Å². The van der Waals surface area contributed by atoms with Gasteiger partial charge in [-0.3, -0.25) is 4.79 Å². The first kappa shape index (κ1) is 18.5. The van der Waals surface area contributed by atoms with Gasteiger partial charge in [0.05, 0.1) is 17.6 Å². The highest BCUT2D eigenvalue weighted by molar-refractivity contribution is 5.82. The maximum Gasteiger partial charge on any atom is 0.229 e. The molecule has 0 aliphatic carbocycles. The number of hydrogen-bond acceptors (Lipinski definition) is 8. The van der Waals surface area contributed by atoms with Crippen molar-refractivity contribution in [3.05, 3.63) is 59.0 Å². The Balaban J connectivity index is 1.63. The maximum absolute atomic E-state index is 12.8. The Morgan fingerprint density at radius 2 is 1.79 bits per heavy atom. The lowest BCUT2D eigenvalue weighted by molar-refractivity contribution is -0.116. The summed E-state index contributed by atoms with van der Waals surface area (Å²) in [6.07, 6.45) is -3.36. The number of hydrogen-bond donors (Lipinski definition) is 4. The molecule has 3 aromatic rings. The predicted molar refractivity (Wildman–Crippen MR) is 98.0 cm³/mol. The van der Waals surface area contributed by atoms with Crippen LogP contribution in [-0.2, 0) is 4.74 Å². The summed E-state index contributed by atoms with van der Waals surface area (Å²) in [6, 6.07) is 10.7. The summed E-state index contributed by atoms with van der Waals surface area (Å²) in [5.74, 6) is 0.364. The number of aliphatic hydroxyl groups excluding tert-OH is 3. The minimum atomic E-state index is -1.32. The van der Waals surface area contributed by atoms with Crippen LogP contribution in [0.5, 0.6) is 11.5 Å². The molecule has 4 rings (SSSR count). The number of rotatable bonds is 4. The minimum Gasteiger partial charge on any atom is -0.508 e. The first-order valence-electron chi connectivity index (χ1n) is 8.62. The van der Waals surface area contributed by atoms with Gasteiger partial charge in [-0.05, 0) is 29.8 Å². The number of aliphatic hydroxyl groups is 3. The van der Waals surface area contributed by atoms with Crippen molar-refractivity contribution in [3.63, 3.8) is 0 Å². The van der Waals surface area contributed by atoms with E-state index in [2.05, 4.69) is 0 Å². The average Bonchev–Trinajstić information content (AvgIpc) is 2.97. The predicted octanol–water partition coefficient (Wildman–Crippen LogP) is 0.983. The van der Waals surface area contributed by atoms with Crippen molar-refractivity contribution in [1.29, 1.82) is 0 Å². The molecular formula is C20H18O8. The first-order chi connectivity index (χ1) is 13.5. The fourth-order valence-corrected chi connectivity index (χ4v) is 3.12. The van der Waals surface area contributed by atoms with Crippen LogP contribution in [0.1, 0.15) is 0 Å². The third-order valence-electron chi connectivity index (χ3n) is 4.68. The summed E-state index contributed by atoms with van der Waals surface area (Å²) in [5, 5.41) is 38.6. The lowest BCUT2D eigenvalue weighted by atomic mass is 10.1. The Bertz CT molecular complexity index is 1040. The standard InChI is InChI=1S/C20H18O8/c21-8-16-18(24)19(25)20(28-16)27-12-5-6-13-15(7-12)26-9-14(17(13)23)10-1-3-11(22)4-2-10/h1-7,9,16,18-22,24-25H,8H2. The summed E-state index contributed by atoms with van der Waals surface area (Å²) < 4.78 is 16.4. The van der Waals surface area contributed by atoms with Crippen molar-refractivity contribution in [2.24, 2.45) is 0 Å². The molecule has 1 aromatic heterocycles. The van der Waals surface area contributed by atoms with Crippen molar-refractivity contribution >= 4 is 11.0 Å². The molecule has 1 aliphatic rings. The fraction of sp³-hybridized carbons (Fsp3) is 0.250. The SMILES string of the molecule is O=c1c(-c2ccc(O)cc2)coc2cc(OC3OC(CO)C(O)C3O)ccc12. The van der Waals surface area contributed by atoms with Crippen molar-refractivity contribution in [2.75, 3.05) is 6.61 Å². The second-order valence-corrected chi connectivity index (χ2v) is 6.51. The molecule has 146 valence electrons. The number of benzene rings is 2. The van der Waals surface area contributed by atoms with Crippen molar-refractivity contribution < 1.29 is 34.3 Å². The Morgan fingerprint density at radius 3 is 2.46 bits per heavy atom. The zero-order chi connectivity index (χ0) is 19.8. The topological polar surface area (TPSA) is 130 Å². The van der Waals surface area contributed by atoms with Gasteiger partial charge in [-0.15, -0.1) is 0 Å². The summed E-state index contributed by atoms with van der Waals surface area (Å²) in [4.78, 5) is 12.8. The molecule has 8 nitrogen and oxygen atoms in total. The third-order valence-corrected chi connectivity index (χ3v) is 4.68. The Kier molecular flexibility index (Phi) is 4.78. The van der Waals surface area contributed by atoms with Crippen molar-refractivity contribution in [2.45, 2.75) is 24.6 Å². The summed E-state index contributed by atoms with van der Waals surface area (Å²) in [7, 11) is 0. The van der Waals surface area contributed by atoms with Gasteiger partial charge < -0.3 is 34.3 Å². The van der Waals surface area contributed by atoms with E-state index in [-0.39, 0.29) is 22.5 Å². The lowest BCUT2D eigenvalue weighted by Crippen LogP contribution is -2.35. The molecule has 4 unspecified atom stereocenters. The molecule has 0 radical (unpaired) electrons. The van der Waals surface area contributed by atoms with E-state index < -0.39 is 31.2 Å². The third kappa shape index (κ3) is 3.23. The molecule has 1 aliphatic heterocycles. The van der Waals surface area contributed by atoms with Gasteiger partial charge in [-0.2, -0.15) is 0 Å². The molecule has 1 fully saturated rings. The van der Waals surface area contributed by atoms with Crippen LogP contribution < -0.4 is 10.2 Å². The van der Waals surface area contributed by atoms with Crippen LogP contribution in [0.4, 0.5) is 0 Å². The minimum absolute atomic E-state index is 0.0978.